The van der Waals surface area contributed by atoms with Crippen LogP contribution >= 0.6 is 0 Å². The predicted molar refractivity (Wildman–Crippen MR) is 136 cm³/mol. The maximum Gasteiger partial charge on any atom is 0.244 e. The van der Waals surface area contributed by atoms with E-state index in [9.17, 15) is 14.4 Å². The average Bonchev–Trinajstić information content (AvgIpc) is 3.29. The molecular weight excluding hydrogens is 442 g/mol. The summed E-state index contributed by atoms with van der Waals surface area (Å²) in [5.74, 6) is 0.0802. The number of carbonyl (C=O) groups excluding carboxylic acids is 3. The van der Waals surface area contributed by atoms with Crippen molar-refractivity contribution in [3.05, 3.63) is 66.0 Å². The lowest BCUT2D eigenvalue weighted by Gasteiger charge is -2.30. The van der Waals surface area contributed by atoms with Gasteiger partial charge in [0, 0.05) is 49.4 Å². The molecule has 1 saturated heterocycles. The highest BCUT2D eigenvalue weighted by molar-refractivity contribution is 5.93. The van der Waals surface area contributed by atoms with Crippen LogP contribution in [0.5, 0.6) is 0 Å². The highest BCUT2D eigenvalue weighted by Crippen LogP contribution is 2.24. The lowest BCUT2D eigenvalue weighted by atomic mass is 9.96. The number of anilines is 1. The first-order chi connectivity index (χ1) is 16.7. The predicted octanol–water partition coefficient (Wildman–Crippen LogP) is 3.82. The van der Waals surface area contributed by atoms with E-state index in [1.165, 1.54) is 6.08 Å². The molecule has 8 nitrogen and oxygen atoms in total. The summed E-state index contributed by atoms with van der Waals surface area (Å²) in [5.41, 5.74) is 2.12. The number of amides is 3. The molecule has 3 N–H and O–H groups in total. The first kappa shape index (κ1) is 24.2. The van der Waals surface area contributed by atoms with Gasteiger partial charge in [-0.1, -0.05) is 18.2 Å². The van der Waals surface area contributed by atoms with E-state index < -0.39 is 5.54 Å². The second-order valence-corrected chi connectivity index (χ2v) is 9.46. The topological polar surface area (TPSA) is 107 Å². The van der Waals surface area contributed by atoms with E-state index in [4.69, 9.17) is 0 Å². The van der Waals surface area contributed by atoms with Crippen LogP contribution in [0.2, 0.25) is 0 Å². The van der Waals surface area contributed by atoms with Gasteiger partial charge in [0.1, 0.15) is 5.82 Å². The molecule has 4 rings (SSSR count). The number of rotatable bonds is 6. The molecule has 3 heterocycles. The van der Waals surface area contributed by atoms with Crippen molar-refractivity contribution >= 4 is 40.5 Å². The van der Waals surface area contributed by atoms with Gasteiger partial charge in [-0.05, 0) is 68.0 Å². The molecule has 1 aromatic carbocycles. The fourth-order valence-corrected chi connectivity index (χ4v) is 4.26. The van der Waals surface area contributed by atoms with Crippen LogP contribution in [-0.4, -0.2) is 45.7 Å². The molecule has 0 bridgehead atoms. The number of carbonyl (C=O) groups is 3. The molecule has 1 aliphatic rings. The summed E-state index contributed by atoms with van der Waals surface area (Å²) in [5, 5.41) is 6.97. The number of hydrogen-bond donors (Lipinski definition) is 3. The molecule has 3 aromatic rings. The van der Waals surface area contributed by atoms with E-state index in [1.54, 1.807) is 36.2 Å². The molecule has 2 aromatic heterocycles. The Bertz CT molecular complexity index is 1220. The molecule has 3 amide bonds. The first-order valence-electron chi connectivity index (χ1n) is 11.8. The highest BCUT2D eigenvalue weighted by atomic mass is 16.2. The monoisotopic (exact) mass is 473 g/mol. The Hall–Kier alpha value is -3.94. The SMILES string of the molecule is CC(=O)N1CCC(C(=O)Nc2ccc(C=CC(=O)NC(C)(C)c3cc4ccccc4[nH]3)cn2)CC1. The van der Waals surface area contributed by atoms with E-state index in [0.29, 0.717) is 31.7 Å². The number of benzene rings is 1. The molecular formula is C27H31N5O3. The van der Waals surface area contributed by atoms with Gasteiger partial charge in [0.05, 0.1) is 5.54 Å². The van der Waals surface area contributed by atoms with E-state index in [0.717, 1.165) is 22.2 Å². The zero-order chi connectivity index (χ0) is 25.0. The van der Waals surface area contributed by atoms with Gasteiger partial charge in [0.15, 0.2) is 0 Å². The van der Waals surface area contributed by atoms with Crippen molar-refractivity contribution in [2.45, 2.75) is 39.2 Å². The number of nitrogens with one attached hydrogen (secondary N) is 3. The summed E-state index contributed by atoms with van der Waals surface area (Å²) in [7, 11) is 0. The smallest absolute Gasteiger partial charge is 0.244 e. The van der Waals surface area contributed by atoms with Crippen LogP contribution in [0.4, 0.5) is 5.82 Å². The summed E-state index contributed by atoms with van der Waals surface area (Å²) in [6, 6.07) is 13.6. The van der Waals surface area contributed by atoms with Crippen LogP contribution in [0, 0.1) is 5.92 Å². The van der Waals surface area contributed by atoms with Crippen molar-refractivity contribution in [2.75, 3.05) is 18.4 Å². The second kappa shape index (κ2) is 10.1. The van der Waals surface area contributed by atoms with Crippen LogP contribution in [0.3, 0.4) is 0 Å². The van der Waals surface area contributed by atoms with Crippen molar-refractivity contribution in [3.8, 4) is 0 Å². The lowest BCUT2D eigenvalue weighted by Crippen LogP contribution is -2.40. The molecule has 182 valence electrons. The Balaban J connectivity index is 1.30. The third-order valence-electron chi connectivity index (χ3n) is 6.41. The normalized spacial score (nSPS) is 14.9. The molecule has 35 heavy (non-hydrogen) atoms. The Kier molecular flexibility index (Phi) is 7.00. The van der Waals surface area contributed by atoms with Crippen LogP contribution in [0.25, 0.3) is 17.0 Å². The third-order valence-corrected chi connectivity index (χ3v) is 6.41. The van der Waals surface area contributed by atoms with Gasteiger partial charge in [-0.25, -0.2) is 4.98 Å². The van der Waals surface area contributed by atoms with Gasteiger partial charge in [-0.15, -0.1) is 0 Å². The minimum atomic E-state index is -0.576. The average molecular weight is 474 g/mol. The number of para-hydroxylation sites is 1. The Morgan fingerprint density at radius 3 is 2.51 bits per heavy atom. The number of nitrogens with zero attached hydrogens (tertiary/aromatic N) is 2. The number of hydrogen-bond acceptors (Lipinski definition) is 4. The van der Waals surface area contributed by atoms with Crippen molar-refractivity contribution in [1.29, 1.82) is 0 Å². The summed E-state index contributed by atoms with van der Waals surface area (Å²) in [6.45, 7) is 6.65. The number of fused-ring (bicyclic) bond motifs is 1. The van der Waals surface area contributed by atoms with Crippen LogP contribution < -0.4 is 10.6 Å². The standard InChI is InChI=1S/C27H31N5O3/c1-18(33)32-14-12-20(13-15-32)26(35)30-24-10-8-19(17-28-24)9-11-25(34)31-27(2,3)23-16-21-6-4-5-7-22(21)29-23/h4-11,16-17,20,29H,12-15H2,1-3H3,(H,31,34)(H,28,30,35). The Morgan fingerprint density at radius 1 is 1.11 bits per heavy atom. The Morgan fingerprint density at radius 2 is 1.86 bits per heavy atom. The molecule has 0 atom stereocenters. The van der Waals surface area contributed by atoms with Crippen molar-refractivity contribution in [3.63, 3.8) is 0 Å². The van der Waals surface area contributed by atoms with Crippen LogP contribution in [-0.2, 0) is 19.9 Å². The maximum absolute atomic E-state index is 12.6. The summed E-state index contributed by atoms with van der Waals surface area (Å²) < 4.78 is 0. The molecule has 0 spiro atoms. The van der Waals surface area contributed by atoms with Crippen molar-refractivity contribution < 1.29 is 14.4 Å². The van der Waals surface area contributed by atoms with Gasteiger partial charge in [-0.2, -0.15) is 0 Å². The fourth-order valence-electron chi connectivity index (χ4n) is 4.26. The van der Waals surface area contributed by atoms with E-state index in [-0.39, 0.29) is 23.6 Å². The van der Waals surface area contributed by atoms with Crippen molar-refractivity contribution in [2.24, 2.45) is 5.92 Å². The van der Waals surface area contributed by atoms with Gasteiger partial charge in [0.2, 0.25) is 17.7 Å². The minimum Gasteiger partial charge on any atom is -0.356 e. The fraction of sp³-hybridized carbons (Fsp3) is 0.333. The molecule has 0 aliphatic carbocycles. The number of aromatic amines is 1. The van der Waals surface area contributed by atoms with Gasteiger partial charge >= 0.3 is 0 Å². The van der Waals surface area contributed by atoms with E-state index >= 15 is 0 Å². The quantitative estimate of drug-likeness (QED) is 0.473. The van der Waals surface area contributed by atoms with Gasteiger partial charge < -0.3 is 20.5 Å². The van der Waals surface area contributed by atoms with Crippen LogP contribution in [0.15, 0.2) is 54.7 Å². The summed E-state index contributed by atoms with van der Waals surface area (Å²) in [6.07, 6.45) is 6.07. The van der Waals surface area contributed by atoms with Gasteiger partial charge in [-0.3, -0.25) is 14.4 Å². The Labute approximate surface area is 204 Å². The van der Waals surface area contributed by atoms with Crippen LogP contribution in [0.1, 0.15) is 44.9 Å². The molecule has 0 saturated carbocycles. The molecule has 1 fully saturated rings. The number of likely N-dealkylation sites (tertiary alicyclic amines) is 1. The zero-order valence-corrected chi connectivity index (χ0v) is 20.3. The number of pyridine rings is 1. The minimum absolute atomic E-state index is 0.0456. The first-order valence-corrected chi connectivity index (χ1v) is 11.8. The van der Waals surface area contributed by atoms with E-state index in [2.05, 4.69) is 20.6 Å². The van der Waals surface area contributed by atoms with Gasteiger partial charge in [0.25, 0.3) is 0 Å². The highest BCUT2D eigenvalue weighted by Gasteiger charge is 2.26. The molecule has 1 aliphatic heterocycles. The lowest BCUT2D eigenvalue weighted by molar-refractivity contribution is -0.132. The maximum atomic E-state index is 12.6. The van der Waals surface area contributed by atoms with Crippen molar-refractivity contribution in [1.82, 2.24) is 20.2 Å². The molecule has 8 heteroatoms. The number of piperidine rings is 1. The largest absolute Gasteiger partial charge is 0.356 e. The molecule has 0 unspecified atom stereocenters. The summed E-state index contributed by atoms with van der Waals surface area (Å²) in [4.78, 5) is 46.0. The molecule has 0 radical (unpaired) electrons. The number of aromatic nitrogens is 2. The number of H-pyrrole nitrogens is 1. The summed E-state index contributed by atoms with van der Waals surface area (Å²) >= 11 is 0. The zero-order valence-electron chi connectivity index (χ0n) is 20.3. The second-order valence-electron chi connectivity index (χ2n) is 9.46. The van der Waals surface area contributed by atoms with E-state index in [1.807, 2.05) is 44.2 Å². The third kappa shape index (κ3) is 5.95.